The van der Waals surface area contributed by atoms with E-state index in [0.717, 1.165) is 95.8 Å². The molecule has 17 nitrogen and oxygen atoms in total. The van der Waals surface area contributed by atoms with Crippen LogP contribution in [0.15, 0.2) is 0 Å². The third kappa shape index (κ3) is 74.1. The van der Waals surface area contributed by atoms with E-state index in [2.05, 4.69) is 34.6 Å². The van der Waals surface area contributed by atoms with E-state index in [9.17, 15) is 43.2 Å². The van der Waals surface area contributed by atoms with E-state index in [1.54, 1.807) is 0 Å². The minimum atomic E-state index is -4.96. The third-order valence-corrected chi connectivity index (χ3v) is 20.7. The zero-order valence-corrected chi connectivity index (χ0v) is 66.4. The molecule has 0 radical (unpaired) electrons. The number of hydrogen-bond acceptors (Lipinski definition) is 15. The van der Waals surface area contributed by atoms with Crippen LogP contribution in [0.1, 0.15) is 426 Å². The lowest BCUT2D eigenvalue weighted by Gasteiger charge is -2.21. The number of hydrogen-bond donors (Lipinski definition) is 3. The Kier molecular flexibility index (Phi) is 71.6. The number of rotatable bonds is 80. The largest absolute Gasteiger partial charge is 0.472 e. The monoisotopic (exact) mass is 1450 g/mol. The summed E-state index contributed by atoms with van der Waals surface area (Å²) in [7, 11) is -9.92. The molecule has 0 aromatic heterocycles. The van der Waals surface area contributed by atoms with Gasteiger partial charge in [0.25, 0.3) is 0 Å². The van der Waals surface area contributed by atoms with Crippen LogP contribution in [0.25, 0.3) is 0 Å². The number of ether oxygens (including phenoxy) is 4. The van der Waals surface area contributed by atoms with E-state index < -0.39 is 97.5 Å². The van der Waals surface area contributed by atoms with E-state index in [-0.39, 0.29) is 25.7 Å². The number of aliphatic hydroxyl groups is 1. The van der Waals surface area contributed by atoms with E-state index in [1.807, 2.05) is 0 Å². The van der Waals surface area contributed by atoms with Crippen molar-refractivity contribution in [3.63, 3.8) is 0 Å². The first-order valence-electron chi connectivity index (χ1n) is 41.6. The van der Waals surface area contributed by atoms with Gasteiger partial charge in [-0.3, -0.25) is 37.3 Å². The third-order valence-electron chi connectivity index (χ3n) is 18.8. The number of carbonyl (C=O) groups excluding carboxylic acids is 4. The van der Waals surface area contributed by atoms with Crippen LogP contribution in [0.2, 0.25) is 0 Å². The molecule has 0 amide bonds. The van der Waals surface area contributed by atoms with Crippen LogP contribution in [0.3, 0.4) is 0 Å². The van der Waals surface area contributed by atoms with Crippen LogP contribution < -0.4 is 0 Å². The Morgan fingerprint density at radius 3 is 0.687 bits per heavy atom. The molecule has 99 heavy (non-hydrogen) atoms. The molecule has 2 unspecified atom stereocenters. The lowest BCUT2D eigenvalue weighted by atomic mass is 10.0. The Morgan fingerprint density at radius 2 is 0.465 bits per heavy atom. The fourth-order valence-electron chi connectivity index (χ4n) is 12.4. The van der Waals surface area contributed by atoms with Crippen molar-refractivity contribution < 1.29 is 80.2 Å². The second-order valence-corrected chi connectivity index (χ2v) is 32.2. The Hall–Kier alpha value is -1.94. The van der Waals surface area contributed by atoms with E-state index in [4.69, 9.17) is 37.0 Å². The smallest absolute Gasteiger partial charge is 0.462 e. The Morgan fingerprint density at radius 1 is 0.273 bits per heavy atom. The molecule has 588 valence electrons. The molecule has 0 heterocycles. The molecule has 5 atom stereocenters. The zero-order valence-electron chi connectivity index (χ0n) is 64.6. The van der Waals surface area contributed by atoms with E-state index in [0.29, 0.717) is 25.7 Å². The zero-order chi connectivity index (χ0) is 72.7. The summed E-state index contributed by atoms with van der Waals surface area (Å²) >= 11 is 0. The highest BCUT2D eigenvalue weighted by Gasteiger charge is 2.30. The lowest BCUT2D eigenvalue weighted by Crippen LogP contribution is -2.30. The fraction of sp³-hybridized carbons (Fsp3) is 0.950. The number of phosphoric ester groups is 2. The van der Waals surface area contributed by atoms with Gasteiger partial charge in [-0.25, -0.2) is 9.13 Å². The summed E-state index contributed by atoms with van der Waals surface area (Å²) in [6.45, 7) is 7.35. The minimum absolute atomic E-state index is 0.108. The highest BCUT2D eigenvalue weighted by molar-refractivity contribution is 7.47. The average molecular weight is 1450 g/mol. The van der Waals surface area contributed by atoms with Gasteiger partial charge < -0.3 is 33.8 Å². The van der Waals surface area contributed by atoms with Crippen LogP contribution in [-0.4, -0.2) is 96.7 Å². The van der Waals surface area contributed by atoms with Crippen molar-refractivity contribution in [2.45, 2.75) is 445 Å². The summed E-state index contributed by atoms with van der Waals surface area (Å²) in [5.41, 5.74) is 0. The molecule has 0 aliphatic rings. The first-order valence-corrected chi connectivity index (χ1v) is 44.6. The molecule has 0 aromatic carbocycles. The molecular formula is C80H156O17P2. The number of carbonyl (C=O) groups is 4. The molecule has 0 aromatic rings. The van der Waals surface area contributed by atoms with E-state index >= 15 is 0 Å². The summed E-state index contributed by atoms with van der Waals surface area (Å²) in [6.07, 6.45) is 63.7. The van der Waals surface area contributed by atoms with Gasteiger partial charge in [0.2, 0.25) is 0 Å². The first-order chi connectivity index (χ1) is 48.0. The van der Waals surface area contributed by atoms with Crippen LogP contribution in [0, 0.1) is 5.92 Å². The molecule has 0 aliphatic heterocycles. The van der Waals surface area contributed by atoms with Crippen molar-refractivity contribution in [3.8, 4) is 0 Å². The summed E-state index contributed by atoms with van der Waals surface area (Å²) < 4.78 is 68.7. The predicted octanol–water partition coefficient (Wildman–Crippen LogP) is 24.0. The van der Waals surface area contributed by atoms with Gasteiger partial charge in [0.1, 0.15) is 19.3 Å². The number of unbranched alkanes of at least 4 members (excludes halogenated alkanes) is 52. The molecule has 0 fully saturated rings. The Labute approximate surface area is 607 Å². The Bertz CT molecular complexity index is 1890. The summed E-state index contributed by atoms with van der Waals surface area (Å²) in [6, 6.07) is 0. The normalized spacial score (nSPS) is 13.9. The fourth-order valence-corrected chi connectivity index (χ4v) is 14.0. The highest BCUT2D eigenvalue weighted by Crippen LogP contribution is 2.45. The van der Waals surface area contributed by atoms with Crippen molar-refractivity contribution in [2.75, 3.05) is 39.6 Å². The van der Waals surface area contributed by atoms with Gasteiger partial charge in [-0.2, -0.15) is 0 Å². The van der Waals surface area contributed by atoms with Gasteiger partial charge in [-0.05, 0) is 31.6 Å². The van der Waals surface area contributed by atoms with Gasteiger partial charge in [0, 0.05) is 25.7 Å². The van der Waals surface area contributed by atoms with Gasteiger partial charge in [-0.1, -0.05) is 375 Å². The summed E-state index contributed by atoms with van der Waals surface area (Å²) in [5, 5.41) is 10.6. The first kappa shape index (κ1) is 97.1. The Balaban J connectivity index is 5.24. The quantitative estimate of drug-likeness (QED) is 0.0222. The van der Waals surface area contributed by atoms with Crippen molar-refractivity contribution in [3.05, 3.63) is 0 Å². The van der Waals surface area contributed by atoms with Gasteiger partial charge >= 0.3 is 39.5 Å². The molecular weight excluding hydrogens is 1290 g/mol. The predicted molar refractivity (Wildman–Crippen MR) is 405 cm³/mol. The topological polar surface area (TPSA) is 237 Å². The molecule has 0 saturated carbocycles. The van der Waals surface area contributed by atoms with Crippen molar-refractivity contribution in [2.24, 2.45) is 5.92 Å². The van der Waals surface area contributed by atoms with Gasteiger partial charge in [0.15, 0.2) is 12.2 Å². The van der Waals surface area contributed by atoms with Crippen LogP contribution >= 0.6 is 15.6 Å². The van der Waals surface area contributed by atoms with Crippen molar-refractivity contribution in [1.29, 1.82) is 0 Å². The van der Waals surface area contributed by atoms with Gasteiger partial charge in [-0.15, -0.1) is 0 Å². The molecule has 0 aliphatic carbocycles. The maximum absolute atomic E-state index is 13.1. The minimum Gasteiger partial charge on any atom is -0.462 e. The molecule has 19 heteroatoms. The molecule has 0 spiro atoms. The summed E-state index contributed by atoms with van der Waals surface area (Å²) in [4.78, 5) is 73.0. The number of aliphatic hydroxyl groups excluding tert-OH is 1. The maximum Gasteiger partial charge on any atom is 0.472 e. The molecule has 0 rings (SSSR count). The van der Waals surface area contributed by atoms with Crippen molar-refractivity contribution >= 4 is 39.5 Å². The second kappa shape index (κ2) is 73.0. The summed E-state index contributed by atoms with van der Waals surface area (Å²) in [5.74, 6) is -1.31. The van der Waals surface area contributed by atoms with Crippen LogP contribution in [0.4, 0.5) is 0 Å². The highest BCUT2D eigenvalue weighted by atomic mass is 31.2. The molecule has 3 N–H and O–H groups in total. The maximum atomic E-state index is 13.1. The molecule has 0 bridgehead atoms. The van der Waals surface area contributed by atoms with Crippen LogP contribution in [0.5, 0.6) is 0 Å². The average Bonchev–Trinajstić information content (AvgIpc) is 1.13. The number of esters is 4. The molecule has 0 saturated heterocycles. The SMILES string of the molecule is CCCCCCCCCCCCCCCCCCCCC(=O)O[C@H](COC(=O)CCCCCCCCCCCCCCCCC(C)C)COP(=O)(O)OC[C@@H](O)COP(=O)(O)OC[C@@H](COC(=O)CCCCCCCCCCCCC)OC(=O)CCCCCCCCCCCCCCC. The standard InChI is InChI=1S/C80H156O17P2/c1-6-9-12-15-18-21-24-26-27-28-29-30-36-41-46-51-56-61-66-80(85)97-76(70-91-78(83)64-59-54-49-44-39-35-32-31-34-38-42-47-52-57-62-73(4)5)72-95-99(88,89)93-68-74(81)67-92-98(86,87)94-71-75(69-90-77(82)63-58-53-48-43-37-23-20-17-14-11-8-3)96-79(84)65-60-55-50-45-40-33-25-22-19-16-13-10-7-2/h73-76,81H,6-72H2,1-5H3,(H,86,87)(H,88,89)/t74-,75+,76+/m0/s1. The lowest BCUT2D eigenvalue weighted by molar-refractivity contribution is -0.161. The van der Waals surface area contributed by atoms with Crippen LogP contribution in [-0.2, 0) is 65.4 Å². The van der Waals surface area contributed by atoms with Crippen molar-refractivity contribution in [1.82, 2.24) is 0 Å². The van der Waals surface area contributed by atoms with Gasteiger partial charge in [0.05, 0.1) is 26.4 Å². The second-order valence-electron chi connectivity index (χ2n) is 29.3. The number of phosphoric acid groups is 2. The van der Waals surface area contributed by atoms with E-state index in [1.165, 1.54) is 250 Å².